The third-order valence-electron chi connectivity index (χ3n) is 5.01. The second-order valence-electron chi connectivity index (χ2n) is 7.20. The highest BCUT2D eigenvalue weighted by molar-refractivity contribution is 6.05. The standard InChI is InChI=1S/C19H20F4N6O2/c20-14-9-11(1-2-12(14)17(30)29-5-7-31-8-6-29)19(24)27-15-13(3-4-25-15)16(28-19)26-10-18(21,22)23/h1-4,9,25,27H,5-8,10,24H2,(H,26,28). The third kappa shape index (κ3) is 4.35. The highest BCUT2D eigenvalue weighted by Crippen LogP contribution is 2.29. The highest BCUT2D eigenvalue weighted by Gasteiger charge is 2.37. The lowest BCUT2D eigenvalue weighted by atomic mass is 10.0. The van der Waals surface area contributed by atoms with Crippen molar-refractivity contribution in [3.63, 3.8) is 0 Å². The summed E-state index contributed by atoms with van der Waals surface area (Å²) < 4.78 is 58.1. The van der Waals surface area contributed by atoms with E-state index in [1.165, 1.54) is 29.3 Å². The van der Waals surface area contributed by atoms with Gasteiger partial charge in [-0.05, 0) is 18.2 Å². The van der Waals surface area contributed by atoms with Crippen LogP contribution in [0.4, 0.5) is 23.4 Å². The number of amidine groups is 1. The van der Waals surface area contributed by atoms with Crippen LogP contribution < -0.4 is 16.4 Å². The molecule has 8 nitrogen and oxygen atoms in total. The average Bonchev–Trinajstić information content (AvgIpc) is 3.20. The first-order valence-corrected chi connectivity index (χ1v) is 9.47. The minimum absolute atomic E-state index is 0.0938. The van der Waals surface area contributed by atoms with E-state index in [1.807, 2.05) is 0 Å². The summed E-state index contributed by atoms with van der Waals surface area (Å²) in [5.41, 5.74) is 6.75. The number of benzene rings is 1. The molecule has 2 aliphatic rings. The van der Waals surface area contributed by atoms with Gasteiger partial charge in [-0.3, -0.25) is 15.5 Å². The van der Waals surface area contributed by atoms with E-state index in [9.17, 15) is 22.4 Å². The minimum Gasteiger partial charge on any atom is -0.378 e. The molecule has 0 spiro atoms. The first-order valence-electron chi connectivity index (χ1n) is 9.47. The molecular formula is C19H20F4N6O2. The Bertz CT molecular complexity index is 1020. The van der Waals surface area contributed by atoms with Crippen LogP contribution in [0.2, 0.25) is 0 Å². The number of alkyl halides is 3. The molecule has 2 aromatic rings. The van der Waals surface area contributed by atoms with Crippen LogP contribution in [0, 0.1) is 5.82 Å². The van der Waals surface area contributed by atoms with Crippen molar-refractivity contribution >= 4 is 17.6 Å². The van der Waals surface area contributed by atoms with Crippen molar-refractivity contribution in [2.24, 2.45) is 10.7 Å². The lowest BCUT2D eigenvalue weighted by Gasteiger charge is -2.38. The van der Waals surface area contributed by atoms with Crippen molar-refractivity contribution in [3.8, 4) is 0 Å². The molecule has 0 bridgehead atoms. The number of amides is 1. The normalized spacial score (nSPS) is 22.6. The van der Waals surface area contributed by atoms with Crippen molar-refractivity contribution in [2.75, 3.05) is 38.2 Å². The van der Waals surface area contributed by atoms with Crippen LogP contribution in [0.25, 0.3) is 0 Å². The van der Waals surface area contributed by atoms with Crippen molar-refractivity contribution in [1.82, 2.24) is 15.2 Å². The van der Waals surface area contributed by atoms with Crippen molar-refractivity contribution in [1.29, 1.82) is 0 Å². The molecule has 31 heavy (non-hydrogen) atoms. The molecule has 0 saturated carbocycles. The van der Waals surface area contributed by atoms with E-state index in [4.69, 9.17) is 10.5 Å². The van der Waals surface area contributed by atoms with Gasteiger partial charge in [0.05, 0.1) is 24.3 Å². The van der Waals surface area contributed by atoms with Crippen LogP contribution in [0.3, 0.4) is 0 Å². The van der Waals surface area contributed by atoms with E-state index >= 15 is 0 Å². The number of nitrogens with zero attached hydrogens (tertiary/aromatic N) is 2. The summed E-state index contributed by atoms with van der Waals surface area (Å²) in [6.07, 6.45) is -2.99. The van der Waals surface area contributed by atoms with Crippen molar-refractivity contribution in [2.45, 2.75) is 12.0 Å². The molecule has 1 aromatic carbocycles. The zero-order valence-corrected chi connectivity index (χ0v) is 16.2. The molecule has 0 radical (unpaired) electrons. The summed E-state index contributed by atoms with van der Waals surface area (Å²) in [5.74, 6) is -2.70. The quantitative estimate of drug-likeness (QED) is 0.544. The van der Waals surface area contributed by atoms with E-state index in [-0.39, 0.29) is 17.0 Å². The number of hydrogen-bond acceptors (Lipinski definition) is 5. The number of morpholine rings is 1. The smallest absolute Gasteiger partial charge is 0.378 e. The molecule has 1 aromatic heterocycles. The van der Waals surface area contributed by atoms with E-state index in [0.717, 1.165) is 6.07 Å². The first-order chi connectivity index (χ1) is 14.7. The van der Waals surface area contributed by atoms with Gasteiger partial charge < -0.3 is 25.3 Å². The number of nitrogens with two attached hydrogens (primary N) is 1. The molecule has 1 atom stereocenters. The Morgan fingerprint density at radius 3 is 2.65 bits per heavy atom. The summed E-state index contributed by atoms with van der Waals surface area (Å²) in [6.45, 7) is 0.0714. The maximum Gasteiger partial charge on any atom is 0.408 e. The number of rotatable bonds is 3. The fraction of sp³-hybridized carbons (Fsp3) is 0.368. The number of ether oxygens (including phenoxy) is 1. The summed E-state index contributed by atoms with van der Waals surface area (Å²) in [4.78, 5) is 20.5. The first kappa shape index (κ1) is 21.1. The van der Waals surface area contributed by atoms with Gasteiger partial charge in [0.2, 0.25) is 0 Å². The summed E-state index contributed by atoms with van der Waals surface area (Å²) in [5, 5.41) is 5.62. The number of carbonyl (C=O) groups is 1. The van der Waals surface area contributed by atoms with Gasteiger partial charge in [-0.2, -0.15) is 13.2 Å². The largest absolute Gasteiger partial charge is 0.408 e. The number of aliphatic imine (C=N–C) groups is 1. The molecule has 4 rings (SSSR count). The number of aromatic amines is 1. The Labute approximate surface area is 174 Å². The second-order valence-corrected chi connectivity index (χ2v) is 7.20. The van der Waals surface area contributed by atoms with Crippen LogP contribution in [0.1, 0.15) is 21.5 Å². The highest BCUT2D eigenvalue weighted by atomic mass is 19.4. The fourth-order valence-electron chi connectivity index (χ4n) is 3.46. The molecule has 166 valence electrons. The van der Waals surface area contributed by atoms with Crippen LogP contribution in [0.15, 0.2) is 35.5 Å². The number of aromatic nitrogens is 1. The number of hydrogen-bond donors (Lipinski definition) is 4. The fourth-order valence-corrected chi connectivity index (χ4v) is 3.46. The Kier molecular flexibility index (Phi) is 5.35. The average molecular weight is 440 g/mol. The van der Waals surface area contributed by atoms with E-state index in [0.29, 0.717) is 37.7 Å². The second kappa shape index (κ2) is 7.85. The number of nitrogens with one attached hydrogen (secondary N) is 3. The van der Waals surface area contributed by atoms with Gasteiger partial charge in [0.25, 0.3) is 5.91 Å². The lowest BCUT2D eigenvalue weighted by molar-refractivity contribution is -0.118. The predicted molar refractivity (Wildman–Crippen MR) is 104 cm³/mol. The zero-order valence-electron chi connectivity index (χ0n) is 16.2. The number of anilines is 1. The van der Waals surface area contributed by atoms with Crippen LogP contribution in [-0.2, 0) is 10.5 Å². The van der Waals surface area contributed by atoms with Crippen LogP contribution in [-0.4, -0.2) is 60.7 Å². The lowest BCUT2D eigenvalue weighted by Crippen LogP contribution is -2.61. The van der Waals surface area contributed by atoms with E-state index < -0.39 is 30.2 Å². The molecule has 2 aliphatic heterocycles. The topological polar surface area (TPSA) is 108 Å². The van der Waals surface area contributed by atoms with Gasteiger partial charge in [0, 0.05) is 24.8 Å². The predicted octanol–water partition coefficient (Wildman–Crippen LogP) is 1.72. The molecule has 3 heterocycles. The van der Waals surface area contributed by atoms with Gasteiger partial charge >= 0.3 is 6.18 Å². The monoisotopic (exact) mass is 440 g/mol. The van der Waals surface area contributed by atoms with Crippen LogP contribution >= 0.6 is 0 Å². The Morgan fingerprint density at radius 2 is 1.97 bits per heavy atom. The molecule has 1 saturated heterocycles. The van der Waals surface area contributed by atoms with Crippen LogP contribution in [0.5, 0.6) is 0 Å². The van der Waals surface area contributed by atoms with E-state index in [1.54, 1.807) is 0 Å². The van der Waals surface area contributed by atoms with Gasteiger partial charge in [-0.15, -0.1) is 0 Å². The maximum absolute atomic E-state index is 14.8. The van der Waals surface area contributed by atoms with Crippen molar-refractivity contribution in [3.05, 3.63) is 53.0 Å². The maximum atomic E-state index is 14.8. The molecule has 1 unspecified atom stereocenters. The van der Waals surface area contributed by atoms with Gasteiger partial charge in [0.15, 0.2) is 5.79 Å². The summed E-state index contributed by atoms with van der Waals surface area (Å²) in [6, 6.07) is 5.35. The molecule has 5 N–H and O–H groups in total. The zero-order chi connectivity index (χ0) is 22.2. The van der Waals surface area contributed by atoms with Gasteiger partial charge in [0.1, 0.15) is 24.0 Å². The van der Waals surface area contributed by atoms with Crippen molar-refractivity contribution < 1.29 is 27.1 Å². The van der Waals surface area contributed by atoms with Gasteiger partial charge in [-0.1, -0.05) is 6.07 Å². The van der Waals surface area contributed by atoms with E-state index in [2.05, 4.69) is 20.6 Å². The summed E-state index contributed by atoms with van der Waals surface area (Å²) >= 11 is 0. The number of fused-ring (bicyclic) bond motifs is 1. The Morgan fingerprint density at radius 1 is 1.23 bits per heavy atom. The molecule has 1 amide bonds. The molecule has 12 heteroatoms. The third-order valence-corrected chi connectivity index (χ3v) is 5.01. The number of carbonyl (C=O) groups excluding carboxylic acids is 1. The Hall–Kier alpha value is -3.12. The Balaban J connectivity index is 1.62. The summed E-state index contributed by atoms with van der Waals surface area (Å²) in [7, 11) is 0. The molecule has 1 fully saturated rings. The number of H-pyrrole nitrogens is 1. The molecular weight excluding hydrogens is 420 g/mol. The number of halogens is 4. The minimum atomic E-state index is -4.50. The SMILES string of the molecule is NC1(c2ccc(C(=O)N3CCOCC3)c(F)c2)NC(=NCC(F)(F)F)c2cc[nH]c2N1. The molecule has 0 aliphatic carbocycles. The van der Waals surface area contributed by atoms with Gasteiger partial charge in [-0.25, -0.2) is 4.39 Å².